The van der Waals surface area contributed by atoms with Gasteiger partial charge in [-0.25, -0.2) is 9.59 Å². The zero-order chi connectivity index (χ0) is 24.6. The number of aromatic hydroxyl groups is 1. The molecule has 1 atom stereocenters. The van der Waals surface area contributed by atoms with E-state index in [0.717, 1.165) is 11.1 Å². The third kappa shape index (κ3) is 4.45. The second kappa shape index (κ2) is 8.93. The molecular formula is C25H24N2O7. The lowest BCUT2D eigenvalue weighted by Crippen LogP contribution is -2.44. The van der Waals surface area contributed by atoms with Crippen molar-refractivity contribution in [1.29, 1.82) is 0 Å². The fraction of sp³-hybridized carbons (Fsp3) is 0.240. The first-order chi connectivity index (χ1) is 16.1. The van der Waals surface area contributed by atoms with Crippen LogP contribution in [0.25, 0.3) is 21.9 Å². The van der Waals surface area contributed by atoms with Crippen LogP contribution >= 0.6 is 0 Å². The summed E-state index contributed by atoms with van der Waals surface area (Å²) in [6.45, 7) is 4.81. The molecule has 0 unspecified atom stereocenters. The summed E-state index contributed by atoms with van der Waals surface area (Å²) in [5, 5.41) is 23.1. The van der Waals surface area contributed by atoms with Crippen LogP contribution in [0.4, 0.5) is 0 Å². The lowest BCUT2D eigenvalue weighted by atomic mass is 10.0. The Kier molecular flexibility index (Phi) is 6.02. The van der Waals surface area contributed by atoms with Gasteiger partial charge in [0.1, 0.15) is 23.1 Å². The number of carboxylic acid groups (broad SMARTS) is 1. The molecule has 0 aliphatic heterocycles. The molecule has 0 aliphatic rings. The summed E-state index contributed by atoms with van der Waals surface area (Å²) in [7, 11) is 0. The maximum absolute atomic E-state index is 12.6. The van der Waals surface area contributed by atoms with Crippen LogP contribution in [0.1, 0.15) is 22.3 Å². The van der Waals surface area contributed by atoms with Gasteiger partial charge < -0.3 is 29.7 Å². The first-order valence-electron chi connectivity index (χ1n) is 10.6. The molecule has 2 aromatic heterocycles. The highest BCUT2D eigenvalue weighted by Crippen LogP contribution is 2.31. The average Bonchev–Trinajstić information content (AvgIpc) is 3.16. The highest BCUT2D eigenvalue weighted by Gasteiger charge is 2.23. The van der Waals surface area contributed by atoms with E-state index >= 15 is 0 Å². The SMILES string of the molecule is Cc1cc(OCC(=O)N[C@H](Cc2c[nH]c3ccc(O)cc23)C(=O)O)c2c(C)c(C)c(=O)oc2c1. The van der Waals surface area contributed by atoms with Gasteiger partial charge >= 0.3 is 11.6 Å². The van der Waals surface area contributed by atoms with Crippen molar-refractivity contribution in [1.82, 2.24) is 10.3 Å². The highest BCUT2D eigenvalue weighted by molar-refractivity contribution is 5.90. The van der Waals surface area contributed by atoms with Crippen molar-refractivity contribution < 1.29 is 29.0 Å². The summed E-state index contributed by atoms with van der Waals surface area (Å²) >= 11 is 0. The molecule has 4 aromatic rings. The van der Waals surface area contributed by atoms with E-state index in [2.05, 4.69) is 10.3 Å². The number of carbonyl (C=O) groups excluding carboxylic acids is 1. The number of fused-ring (bicyclic) bond motifs is 2. The number of aromatic amines is 1. The van der Waals surface area contributed by atoms with Gasteiger partial charge in [-0.2, -0.15) is 0 Å². The van der Waals surface area contributed by atoms with E-state index in [9.17, 15) is 24.6 Å². The number of carboxylic acids is 1. The molecule has 9 heteroatoms. The molecule has 0 aliphatic carbocycles. The van der Waals surface area contributed by atoms with Crippen LogP contribution in [-0.4, -0.2) is 39.7 Å². The van der Waals surface area contributed by atoms with Crippen LogP contribution in [-0.2, 0) is 16.0 Å². The number of hydrogen-bond donors (Lipinski definition) is 4. The summed E-state index contributed by atoms with van der Waals surface area (Å²) < 4.78 is 11.1. The van der Waals surface area contributed by atoms with Gasteiger partial charge in [0, 0.05) is 29.1 Å². The lowest BCUT2D eigenvalue weighted by Gasteiger charge is -2.16. The van der Waals surface area contributed by atoms with Gasteiger partial charge in [-0.15, -0.1) is 0 Å². The van der Waals surface area contributed by atoms with E-state index in [1.54, 1.807) is 45.2 Å². The maximum atomic E-state index is 12.6. The number of rotatable bonds is 7. The van der Waals surface area contributed by atoms with E-state index in [4.69, 9.17) is 9.15 Å². The molecule has 0 fully saturated rings. The summed E-state index contributed by atoms with van der Waals surface area (Å²) in [5.41, 5.74) is 3.22. The molecule has 0 saturated heterocycles. The largest absolute Gasteiger partial charge is 0.508 e. The summed E-state index contributed by atoms with van der Waals surface area (Å²) in [6.07, 6.45) is 1.67. The standard InChI is InChI=1S/C25H24N2O7/c1-12-6-20(23-13(2)14(3)25(32)34-21(23)7-12)33-11-22(29)27-19(24(30)31)8-15-10-26-18-5-4-16(28)9-17(15)18/h4-7,9-10,19,26,28H,8,11H2,1-3H3,(H,27,29)(H,30,31)/t19-/m1/s1. The topological polar surface area (TPSA) is 142 Å². The number of aromatic nitrogens is 1. The van der Waals surface area contributed by atoms with Crippen molar-refractivity contribution in [2.75, 3.05) is 6.61 Å². The number of aliphatic carboxylic acids is 1. The van der Waals surface area contributed by atoms with Crippen LogP contribution < -0.4 is 15.7 Å². The molecule has 0 bridgehead atoms. The van der Waals surface area contributed by atoms with Crippen LogP contribution in [0.3, 0.4) is 0 Å². The number of benzene rings is 2. The number of phenols is 1. The van der Waals surface area contributed by atoms with Gasteiger partial charge in [0.2, 0.25) is 0 Å². The number of carbonyl (C=O) groups is 2. The van der Waals surface area contributed by atoms with Crippen LogP contribution in [0.5, 0.6) is 11.5 Å². The Bertz CT molecular complexity index is 1480. The van der Waals surface area contributed by atoms with E-state index in [1.807, 2.05) is 0 Å². The van der Waals surface area contributed by atoms with Gasteiger partial charge in [0.05, 0.1) is 5.39 Å². The third-order valence-electron chi connectivity index (χ3n) is 5.82. The van der Waals surface area contributed by atoms with Crippen molar-refractivity contribution in [3.63, 3.8) is 0 Å². The Morgan fingerprint density at radius 1 is 1.15 bits per heavy atom. The molecular weight excluding hydrogens is 440 g/mol. The zero-order valence-corrected chi connectivity index (χ0v) is 18.9. The van der Waals surface area contributed by atoms with Crippen molar-refractivity contribution in [3.05, 3.63) is 69.2 Å². The number of hydrogen-bond acceptors (Lipinski definition) is 6. The van der Waals surface area contributed by atoms with Crippen molar-refractivity contribution >= 4 is 33.7 Å². The lowest BCUT2D eigenvalue weighted by molar-refractivity contribution is -0.142. The van der Waals surface area contributed by atoms with E-state index in [1.165, 1.54) is 12.1 Å². The first kappa shape index (κ1) is 22.9. The smallest absolute Gasteiger partial charge is 0.339 e. The minimum atomic E-state index is -1.20. The predicted octanol–water partition coefficient (Wildman–Crippen LogP) is 3.10. The Hall–Kier alpha value is -4.27. The second-order valence-electron chi connectivity index (χ2n) is 8.27. The molecule has 0 radical (unpaired) electrons. The number of phenolic OH excluding ortho intramolecular Hbond substituents is 1. The highest BCUT2D eigenvalue weighted by atomic mass is 16.5. The number of amides is 1. The van der Waals surface area contributed by atoms with Crippen molar-refractivity contribution in [3.8, 4) is 11.5 Å². The maximum Gasteiger partial charge on any atom is 0.339 e. The molecule has 176 valence electrons. The zero-order valence-electron chi connectivity index (χ0n) is 18.9. The Balaban J connectivity index is 1.52. The molecule has 9 nitrogen and oxygen atoms in total. The molecule has 2 heterocycles. The third-order valence-corrected chi connectivity index (χ3v) is 5.82. The predicted molar refractivity (Wildman–Crippen MR) is 125 cm³/mol. The van der Waals surface area contributed by atoms with Gasteiger partial charge in [0.15, 0.2) is 6.61 Å². The normalized spacial score (nSPS) is 12.1. The average molecular weight is 464 g/mol. The quantitative estimate of drug-likeness (QED) is 0.308. The fourth-order valence-electron chi connectivity index (χ4n) is 3.94. The number of nitrogens with one attached hydrogen (secondary N) is 2. The minimum Gasteiger partial charge on any atom is -0.508 e. The van der Waals surface area contributed by atoms with Gasteiger partial charge in [-0.05, 0) is 67.8 Å². The van der Waals surface area contributed by atoms with E-state index < -0.39 is 30.2 Å². The number of aryl methyl sites for hydroxylation is 2. The molecule has 0 saturated carbocycles. The monoisotopic (exact) mass is 464 g/mol. The van der Waals surface area contributed by atoms with Gasteiger partial charge in [0.25, 0.3) is 5.91 Å². The fourth-order valence-corrected chi connectivity index (χ4v) is 3.94. The minimum absolute atomic E-state index is 0.0152. The van der Waals surface area contributed by atoms with Crippen molar-refractivity contribution in [2.45, 2.75) is 33.2 Å². The number of ether oxygens (including phenoxy) is 1. The molecule has 0 spiro atoms. The number of H-pyrrole nitrogens is 1. The second-order valence-corrected chi connectivity index (χ2v) is 8.27. The first-order valence-corrected chi connectivity index (χ1v) is 10.6. The summed E-state index contributed by atoms with van der Waals surface area (Å²) in [6, 6.07) is 7.00. The molecule has 1 amide bonds. The van der Waals surface area contributed by atoms with E-state index in [0.29, 0.717) is 38.8 Å². The Morgan fingerprint density at radius 2 is 1.91 bits per heavy atom. The van der Waals surface area contributed by atoms with Gasteiger partial charge in [-0.3, -0.25) is 4.79 Å². The molecule has 4 N–H and O–H groups in total. The van der Waals surface area contributed by atoms with Crippen LogP contribution in [0.2, 0.25) is 0 Å². The molecule has 34 heavy (non-hydrogen) atoms. The van der Waals surface area contributed by atoms with Gasteiger partial charge in [-0.1, -0.05) is 0 Å². The summed E-state index contributed by atoms with van der Waals surface area (Å²) in [4.78, 5) is 39.4. The molecule has 2 aromatic carbocycles. The van der Waals surface area contributed by atoms with Crippen LogP contribution in [0, 0.1) is 20.8 Å². The van der Waals surface area contributed by atoms with Crippen molar-refractivity contribution in [2.24, 2.45) is 0 Å². The Labute approximate surface area is 194 Å². The summed E-state index contributed by atoms with van der Waals surface area (Å²) in [5.74, 6) is -1.38. The van der Waals surface area contributed by atoms with Crippen LogP contribution in [0.15, 0.2) is 45.7 Å². The molecule has 4 rings (SSSR count). The van der Waals surface area contributed by atoms with E-state index in [-0.39, 0.29) is 12.2 Å². The Morgan fingerprint density at radius 3 is 2.65 bits per heavy atom.